The van der Waals surface area contributed by atoms with Gasteiger partial charge >= 0.3 is 5.97 Å². The van der Waals surface area contributed by atoms with Crippen LogP contribution in [0.15, 0.2) is 36.4 Å². The van der Waals surface area contributed by atoms with Crippen molar-refractivity contribution in [3.05, 3.63) is 53.1 Å². The fraction of sp³-hybridized carbons (Fsp3) is 0.350. The lowest BCUT2D eigenvalue weighted by molar-refractivity contribution is 0.0234. The molecule has 0 saturated carbocycles. The predicted octanol–water partition coefficient (Wildman–Crippen LogP) is 3.43. The third-order valence-corrected chi connectivity index (χ3v) is 4.45. The summed E-state index contributed by atoms with van der Waals surface area (Å²) in [6, 6.07) is 11.5. The zero-order valence-corrected chi connectivity index (χ0v) is 14.7. The molecule has 0 bridgehead atoms. The molecule has 0 N–H and O–H groups in total. The molecule has 25 heavy (non-hydrogen) atoms. The topological polar surface area (TPSA) is 54.0 Å². The van der Waals surface area contributed by atoms with Crippen molar-refractivity contribution in [1.29, 1.82) is 0 Å². The molecule has 2 aromatic rings. The molecule has 0 spiro atoms. The highest BCUT2D eigenvalue weighted by atomic mass is 16.5. The first kappa shape index (κ1) is 17.1. The first-order valence-electron chi connectivity index (χ1n) is 8.23. The Morgan fingerprint density at radius 1 is 1.00 bits per heavy atom. The van der Waals surface area contributed by atoms with Gasteiger partial charge in [-0.1, -0.05) is 12.1 Å². The van der Waals surface area contributed by atoms with Crippen molar-refractivity contribution in [3.8, 4) is 17.2 Å². The van der Waals surface area contributed by atoms with Crippen molar-refractivity contribution < 1.29 is 23.7 Å². The molecule has 0 radical (unpaired) electrons. The van der Waals surface area contributed by atoms with Gasteiger partial charge in [-0.15, -0.1) is 0 Å². The standard InChI is InChI=1S/C20H22O5/c1-22-15-7-4-13(5-8-15)6-9-16-10-14-11-17(23-2)12-18(24-3)19(14)20(21)25-16/h4-5,7-8,11-12,16H,6,9-10H2,1-3H3. The molecule has 1 unspecified atom stereocenters. The molecule has 1 heterocycles. The van der Waals surface area contributed by atoms with Crippen LogP contribution in [0, 0.1) is 0 Å². The van der Waals surface area contributed by atoms with Gasteiger partial charge in [0.2, 0.25) is 0 Å². The maximum atomic E-state index is 12.4. The highest BCUT2D eigenvalue weighted by molar-refractivity contribution is 5.95. The number of methoxy groups -OCH3 is 3. The van der Waals surface area contributed by atoms with Crippen molar-refractivity contribution in [1.82, 2.24) is 0 Å². The van der Waals surface area contributed by atoms with Crippen LogP contribution in [-0.2, 0) is 17.6 Å². The molecule has 2 aromatic carbocycles. The fourth-order valence-corrected chi connectivity index (χ4v) is 3.09. The second kappa shape index (κ2) is 7.47. The Morgan fingerprint density at radius 2 is 1.72 bits per heavy atom. The number of aryl methyl sites for hydroxylation is 1. The minimum absolute atomic E-state index is 0.154. The summed E-state index contributed by atoms with van der Waals surface area (Å²) in [7, 11) is 4.79. The molecule has 0 amide bonds. The molecule has 1 aliphatic heterocycles. The summed E-state index contributed by atoms with van der Waals surface area (Å²) in [5.41, 5.74) is 2.60. The third kappa shape index (κ3) is 3.71. The first-order chi connectivity index (χ1) is 12.1. The largest absolute Gasteiger partial charge is 0.497 e. The van der Waals surface area contributed by atoms with E-state index in [0.717, 1.165) is 24.2 Å². The van der Waals surface area contributed by atoms with Crippen LogP contribution >= 0.6 is 0 Å². The average Bonchev–Trinajstić information content (AvgIpc) is 2.65. The Balaban J connectivity index is 1.73. The van der Waals surface area contributed by atoms with Crippen LogP contribution in [0.4, 0.5) is 0 Å². The van der Waals surface area contributed by atoms with E-state index in [0.29, 0.717) is 23.5 Å². The Hall–Kier alpha value is -2.69. The van der Waals surface area contributed by atoms with Crippen LogP contribution in [-0.4, -0.2) is 33.4 Å². The monoisotopic (exact) mass is 342 g/mol. The summed E-state index contributed by atoms with van der Waals surface area (Å²) >= 11 is 0. The molecule has 132 valence electrons. The third-order valence-electron chi connectivity index (χ3n) is 4.45. The number of hydrogen-bond donors (Lipinski definition) is 0. The molecule has 0 aromatic heterocycles. The quantitative estimate of drug-likeness (QED) is 0.753. The SMILES string of the molecule is COc1ccc(CCC2Cc3cc(OC)cc(OC)c3C(=O)O2)cc1. The van der Waals surface area contributed by atoms with Gasteiger partial charge in [-0.3, -0.25) is 0 Å². The highest BCUT2D eigenvalue weighted by Crippen LogP contribution is 2.34. The maximum Gasteiger partial charge on any atom is 0.342 e. The van der Waals surface area contributed by atoms with Crippen molar-refractivity contribution in [2.45, 2.75) is 25.4 Å². The lowest BCUT2D eigenvalue weighted by atomic mass is 9.94. The molecule has 0 fully saturated rings. The van der Waals surface area contributed by atoms with Gasteiger partial charge in [0.25, 0.3) is 0 Å². The minimum Gasteiger partial charge on any atom is -0.497 e. The zero-order valence-electron chi connectivity index (χ0n) is 14.7. The van der Waals surface area contributed by atoms with E-state index in [9.17, 15) is 4.79 Å². The summed E-state index contributed by atoms with van der Waals surface area (Å²) in [6.45, 7) is 0. The van der Waals surface area contributed by atoms with E-state index in [-0.39, 0.29) is 12.1 Å². The van der Waals surface area contributed by atoms with Crippen molar-refractivity contribution in [2.75, 3.05) is 21.3 Å². The Morgan fingerprint density at radius 3 is 2.36 bits per heavy atom. The molecule has 1 aliphatic rings. The first-order valence-corrected chi connectivity index (χ1v) is 8.23. The van der Waals surface area contributed by atoms with Crippen molar-refractivity contribution >= 4 is 5.97 Å². The van der Waals surface area contributed by atoms with Crippen molar-refractivity contribution in [2.24, 2.45) is 0 Å². The van der Waals surface area contributed by atoms with Crippen LogP contribution in [0.2, 0.25) is 0 Å². The normalized spacial score (nSPS) is 16.0. The molecule has 1 atom stereocenters. The minimum atomic E-state index is -0.333. The molecular weight excluding hydrogens is 320 g/mol. The maximum absolute atomic E-state index is 12.4. The number of esters is 1. The van der Waals surface area contributed by atoms with E-state index in [1.54, 1.807) is 20.3 Å². The zero-order chi connectivity index (χ0) is 17.8. The highest BCUT2D eigenvalue weighted by Gasteiger charge is 2.30. The summed E-state index contributed by atoms with van der Waals surface area (Å²) in [5, 5.41) is 0. The van der Waals surface area contributed by atoms with Gasteiger partial charge in [0, 0.05) is 12.5 Å². The van der Waals surface area contributed by atoms with Gasteiger partial charge in [0.1, 0.15) is 28.9 Å². The van der Waals surface area contributed by atoms with Gasteiger partial charge in [-0.25, -0.2) is 4.79 Å². The summed E-state index contributed by atoms with van der Waals surface area (Å²) in [5.74, 6) is 1.67. The van der Waals surface area contributed by atoms with E-state index in [1.165, 1.54) is 12.7 Å². The Labute approximate surface area is 147 Å². The molecule has 5 nitrogen and oxygen atoms in total. The van der Waals surface area contributed by atoms with Crippen LogP contribution in [0.3, 0.4) is 0 Å². The van der Waals surface area contributed by atoms with Gasteiger partial charge < -0.3 is 18.9 Å². The molecule has 5 heteroatoms. The van der Waals surface area contributed by atoms with Crippen molar-refractivity contribution in [3.63, 3.8) is 0 Å². The summed E-state index contributed by atoms with van der Waals surface area (Å²) in [4.78, 5) is 12.4. The number of benzene rings is 2. The van der Waals surface area contributed by atoms with E-state index in [4.69, 9.17) is 18.9 Å². The Kier molecular flexibility index (Phi) is 5.12. The molecule has 0 saturated heterocycles. The number of hydrogen-bond acceptors (Lipinski definition) is 5. The lowest BCUT2D eigenvalue weighted by Crippen LogP contribution is -2.28. The fourth-order valence-electron chi connectivity index (χ4n) is 3.09. The second-order valence-electron chi connectivity index (χ2n) is 5.98. The molecular formula is C20H22O5. The van der Waals surface area contributed by atoms with Crippen LogP contribution in [0.5, 0.6) is 17.2 Å². The van der Waals surface area contributed by atoms with Crippen LogP contribution in [0.25, 0.3) is 0 Å². The average molecular weight is 342 g/mol. The van der Waals surface area contributed by atoms with Crippen LogP contribution < -0.4 is 14.2 Å². The van der Waals surface area contributed by atoms with Gasteiger partial charge in [-0.05, 0) is 42.2 Å². The lowest BCUT2D eigenvalue weighted by Gasteiger charge is -2.26. The number of cyclic esters (lactones) is 1. The molecule has 0 aliphatic carbocycles. The number of carbonyl (C=O) groups is 1. The van der Waals surface area contributed by atoms with Gasteiger partial charge in [-0.2, -0.15) is 0 Å². The number of rotatable bonds is 6. The van der Waals surface area contributed by atoms with E-state index < -0.39 is 0 Å². The number of fused-ring (bicyclic) bond motifs is 1. The molecule has 3 rings (SSSR count). The van der Waals surface area contributed by atoms with Gasteiger partial charge in [0.05, 0.1) is 21.3 Å². The second-order valence-corrected chi connectivity index (χ2v) is 5.98. The van der Waals surface area contributed by atoms with Crippen LogP contribution in [0.1, 0.15) is 27.9 Å². The summed E-state index contributed by atoms with van der Waals surface area (Å²) in [6.07, 6.45) is 2.10. The van der Waals surface area contributed by atoms with Gasteiger partial charge in [0.15, 0.2) is 0 Å². The van der Waals surface area contributed by atoms with E-state index in [1.807, 2.05) is 30.3 Å². The predicted molar refractivity (Wildman–Crippen MR) is 93.8 cm³/mol. The van der Waals surface area contributed by atoms with E-state index >= 15 is 0 Å². The Bertz CT molecular complexity index is 751. The smallest absolute Gasteiger partial charge is 0.342 e. The van der Waals surface area contributed by atoms with E-state index in [2.05, 4.69) is 0 Å². The number of carbonyl (C=O) groups excluding carboxylic acids is 1. The number of ether oxygens (including phenoxy) is 4. The summed E-state index contributed by atoms with van der Waals surface area (Å²) < 4.78 is 21.4.